The van der Waals surface area contributed by atoms with Crippen molar-refractivity contribution in [1.82, 2.24) is 10.1 Å². The fraction of sp³-hybridized carbons (Fsp3) is 0.250. The second kappa shape index (κ2) is 9.61. The molecule has 8 heteroatoms. The Kier molecular flexibility index (Phi) is 6.95. The van der Waals surface area contributed by atoms with Gasteiger partial charge in [-0.25, -0.2) is 9.78 Å². The van der Waals surface area contributed by atoms with Gasteiger partial charge in [-0.3, -0.25) is 0 Å². The molecular formula is C20H19ClN2O4S. The Morgan fingerprint density at radius 3 is 2.68 bits per heavy atom. The Balaban J connectivity index is 1.54. The van der Waals surface area contributed by atoms with Gasteiger partial charge in [-0.15, -0.1) is 11.8 Å². The number of aryl methyl sites for hydroxylation is 2. The molecule has 0 aliphatic rings. The highest BCUT2D eigenvalue weighted by Crippen LogP contribution is 2.27. The Morgan fingerprint density at radius 2 is 1.96 bits per heavy atom. The lowest BCUT2D eigenvalue weighted by Gasteiger charge is -2.09. The van der Waals surface area contributed by atoms with Crippen LogP contribution in [0, 0.1) is 13.8 Å². The Hall–Kier alpha value is -2.51. The quantitative estimate of drug-likeness (QED) is 0.293. The largest absolute Gasteiger partial charge is 0.490 e. The summed E-state index contributed by atoms with van der Waals surface area (Å²) in [4.78, 5) is 16.7. The molecule has 0 aliphatic carbocycles. The van der Waals surface area contributed by atoms with Crippen molar-refractivity contribution in [1.29, 1.82) is 0 Å². The third-order valence-corrected chi connectivity index (χ3v) is 5.21. The predicted molar refractivity (Wildman–Crippen MR) is 107 cm³/mol. The number of carbonyl (C=O) groups excluding carboxylic acids is 1. The van der Waals surface area contributed by atoms with Crippen molar-refractivity contribution in [2.75, 3.05) is 13.2 Å². The van der Waals surface area contributed by atoms with Crippen LogP contribution in [0.2, 0.25) is 5.02 Å². The van der Waals surface area contributed by atoms with Gasteiger partial charge in [0, 0.05) is 22.5 Å². The maximum absolute atomic E-state index is 12.4. The van der Waals surface area contributed by atoms with Crippen LogP contribution in [-0.4, -0.2) is 29.3 Å². The van der Waals surface area contributed by atoms with Gasteiger partial charge in [-0.05, 0) is 50.2 Å². The lowest BCUT2D eigenvalue weighted by Crippen LogP contribution is -2.13. The van der Waals surface area contributed by atoms with Crippen LogP contribution in [-0.2, 0) is 10.5 Å². The summed E-state index contributed by atoms with van der Waals surface area (Å²) in [6.07, 6.45) is 1.65. The molecule has 28 heavy (non-hydrogen) atoms. The molecule has 6 nitrogen and oxygen atoms in total. The average molecular weight is 419 g/mol. The van der Waals surface area contributed by atoms with E-state index >= 15 is 0 Å². The van der Waals surface area contributed by atoms with E-state index in [0.717, 1.165) is 17.0 Å². The van der Waals surface area contributed by atoms with Gasteiger partial charge in [0.1, 0.15) is 29.7 Å². The number of halogens is 1. The first-order valence-electron chi connectivity index (χ1n) is 8.59. The van der Waals surface area contributed by atoms with E-state index in [1.165, 1.54) is 11.8 Å². The highest BCUT2D eigenvalue weighted by molar-refractivity contribution is 7.98. The van der Waals surface area contributed by atoms with Gasteiger partial charge in [0.15, 0.2) is 0 Å². The van der Waals surface area contributed by atoms with Gasteiger partial charge in [0.2, 0.25) is 0 Å². The molecule has 3 rings (SSSR count). The SMILES string of the molecule is Cc1noc(C)c1CSc1ncccc1C(=O)OCCOc1ccc(Cl)cc1. The van der Waals surface area contributed by atoms with E-state index in [1.54, 1.807) is 42.6 Å². The van der Waals surface area contributed by atoms with E-state index in [1.807, 2.05) is 13.8 Å². The number of aromatic nitrogens is 2. The van der Waals surface area contributed by atoms with Crippen molar-refractivity contribution in [3.05, 3.63) is 70.2 Å². The van der Waals surface area contributed by atoms with Crippen LogP contribution in [0.4, 0.5) is 0 Å². The summed E-state index contributed by atoms with van der Waals surface area (Å²) in [6, 6.07) is 10.4. The number of pyridine rings is 1. The zero-order valence-corrected chi connectivity index (χ0v) is 17.0. The van der Waals surface area contributed by atoms with Crippen LogP contribution in [0.15, 0.2) is 52.1 Å². The van der Waals surface area contributed by atoms with E-state index in [0.29, 0.717) is 27.1 Å². The molecule has 0 aliphatic heterocycles. The van der Waals surface area contributed by atoms with Crippen molar-refractivity contribution in [2.45, 2.75) is 24.6 Å². The summed E-state index contributed by atoms with van der Waals surface area (Å²) in [6.45, 7) is 4.13. The van der Waals surface area contributed by atoms with Crippen molar-refractivity contribution in [3.63, 3.8) is 0 Å². The van der Waals surface area contributed by atoms with Gasteiger partial charge >= 0.3 is 5.97 Å². The molecule has 0 saturated carbocycles. The van der Waals surface area contributed by atoms with Crippen molar-refractivity contribution >= 4 is 29.3 Å². The van der Waals surface area contributed by atoms with Crippen LogP contribution in [0.1, 0.15) is 27.4 Å². The van der Waals surface area contributed by atoms with Crippen molar-refractivity contribution < 1.29 is 18.8 Å². The van der Waals surface area contributed by atoms with Crippen LogP contribution in [0.3, 0.4) is 0 Å². The number of hydrogen-bond acceptors (Lipinski definition) is 7. The second-order valence-corrected chi connectivity index (χ2v) is 7.29. The lowest BCUT2D eigenvalue weighted by molar-refractivity contribution is 0.0445. The molecule has 2 aromatic heterocycles. The normalized spacial score (nSPS) is 10.7. The van der Waals surface area contributed by atoms with Crippen molar-refractivity contribution in [2.24, 2.45) is 0 Å². The molecule has 0 atom stereocenters. The molecule has 0 spiro atoms. The molecular weight excluding hydrogens is 400 g/mol. The number of ether oxygens (including phenoxy) is 2. The van der Waals surface area contributed by atoms with E-state index < -0.39 is 5.97 Å². The fourth-order valence-corrected chi connectivity index (χ4v) is 3.67. The van der Waals surface area contributed by atoms with E-state index in [2.05, 4.69) is 10.1 Å². The highest BCUT2D eigenvalue weighted by Gasteiger charge is 2.16. The van der Waals surface area contributed by atoms with Crippen LogP contribution < -0.4 is 4.74 Å². The number of nitrogens with zero attached hydrogens (tertiary/aromatic N) is 2. The number of carbonyl (C=O) groups is 1. The van der Waals surface area contributed by atoms with Gasteiger partial charge in [0.05, 0.1) is 11.3 Å². The maximum atomic E-state index is 12.4. The minimum Gasteiger partial charge on any atom is -0.490 e. The Labute approximate surface area is 172 Å². The number of hydrogen-bond donors (Lipinski definition) is 0. The number of rotatable bonds is 8. The topological polar surface area (TPSA) is 74.5 Å². The lowest BCUT2D eigenvalue weighted by atomic mass is 10.2. The molecule has 146 valence electrons. The molecule has 0 unspecified atom stereocenters. The Morgan fingerprint density at radius 1 is 1.18 bits per heavy atom. The van der Waals surface area contributed by atoms with E-state index in [9.17, 15) is 4.79 Å². The highest BCUT2D eigenvalue weighted by atomic mass is 35.5. The monoisotopic (exact) mass is 418 g/mol. The third kappa shape index (κ3) is 5.27. The molecule has 0 amide bonds. The number of benzene rings is 1. The average Bonchev–Trinajstić information content (AvgIpc) is 3.02. The summed E-state index contributed by atoms with van der Waals surface area (Å²) in [5, 5.41) is 5.18. The third-order valence-electron chi connectivity index (χ3n) is 3.92. The first kappa shape index (κ1) is 20.2. The smallest absolute Gasteiger partial charge is 0.341 e. The molecule has 0 fully saturated rings. The molecule has 1 aromatic carbocycles. The van der Waals surface area contributed by atoms with Crippen LogP contribution in [0.25, 0.3) is 0 Å². The summed E-state index contributed by atoms with van der Waals surface area (Å²) in [5.74, 6) is 1.61. The zero-order chi connectivity index (χ0) is 19.9. The van der Waals surface area contributed by atoms with Gasteiger partial charge in [-0.2, -0.15) is 0 Å². The molecule has 0 bridgehead atoms. The van der Waals surface area contributed by atoms with Crippen LogP contribution in [0.5, 0.6) is 5.75 Å². The van der Waals surface area contributed by atoms with Gasteiger partial charge < -0.3 is 14.0 Å². The fourth-order valence-electron chi connectivity index (χ4n) is 2.41. The summed E-state index contributed by atoms with van der Waals surface area (Å²) < 4.78 is 16.0. The molecule has 3 aromatic rings. The van der Waals surface area contributed by atoms with Crippen molar-refractivity contribution in [3.8, 4) is 5.75 Å². The first-order valence-corrected chi connectivity index (χ1v) is 9.96. The second-order valence-electron chi connectivity index (χ2n) is 5.89. The summed E-state index contributed by atoms with van der Waals surface area (Å²) >= 11 is 7.27. The van der Waals surface area contributed by atoms with E-state index in [4.69, 9.17) is 25.6 Å². The standard InChI is InChI=1S/C20H19ClN2O4S/c1-13-18(14(2)27-23-13)12-28-19-17(4-3-9-22-19)20(24)26-11-10-25-16-7-5-15(21)6-8-16/h3-9H,10-12H2,1-2H3. The summed E-state index contributed by atoms with van der Waals surface area (Å²) in [7, 11) is 0. The maximum Gasteiger partial charge on any atom is 0.341 e. The Bertz CT molecular complexity index is 924. The zero-order valence-electron chi connectivity index (χ0n) is 15.5. The van der Waals surface area contributed by atoms with Gasteiger partial charge in [0.25, 0.3) is 0 Å². The summed E-state index contributed by atoms with van der Waals surface area (Å²) in [5.41, 5.74) is 2.27. The number of esters is 1. The minimum atomic E-state index is -0.436. The van der Waals surface area contributed by atoms with E-state index in [-0.39, 0.29) is 13.2 Å². The molecule has 0 radical (unpaired) electrons. The predicted octanol–water partition coefficient (Wildman–Crippen LogP) is 4.87. The van der Waals surface area contributed by atoms with Crippen LogP contribution >= 0.6 is 23.4 Å². The molecule has 2 heterocycles. The molecule has 0 saturated heterocycles. The van der Waals surface area contributed by atoms with Gasteiger partial charge in [-0.1, -0.05) is 16.8 Å². The molecule has 0 N–H and O–H groups in total. The minimum absolute atomic E-state index is 0.129. The first-order chi connectivity index (χ1) is 13.5. The number of thioether (sulfide) groups is 1.